The number of esters is 1. The topological polar surface area (TPSA) is 102 Å². The molecule has 0 aliphatic heterocycles. The highest BCUT2D eigenvalue weighted by Gasteiger charge is 2.67. The van der Waals surface area contributed by atoms with Crippen molar-refractivity contribution in [3.63, 3.8) is 0 Å². The zero-order chi connectivity index (χ0) is 23.3. The Labute approximate surface area is 189 Å². The zero-order valence-electron chi connectivity index (χ0n) is 19.6. The minimum Gasteiger partial charge on any atom is -0.479 e. The van der Waals surface area contributed by atoms with Crippen LogP contribution >= 0.6 is 0 Å². The molecule has 0 bridgehead atoms. The van der Waals surface area contributed by atoms with Crippen LogP contribution in [0.5, 0.6) is 0 Å². The lowest BCUT2D eigenvalue weighted by molar-refractivity contribution is -0.187. The number of oxime groups is 1. The molecule has 32 heavy (non-hydrogen) atoms. The molecule has 0 aromatic heterocycles. The Morgan fingerprint density at radius 3 is 2.44 bits per heavy atom. The summed E-state index contributed by atoms with van der Waals surface area (Å²) in [4.78, 5) is 40.4. The van der Waals surface area contributed by atoms with Crippen LogP contribution in [0.4, 0.5) is 0 Å². The number of fused-ring (bicyclic) bond motifs is 5. The molecular formula is C25H35NO6. The Morgan fingerprint density at radius 2 is 1.78 bits per heavy atom. The van der Waals surface area contributed by atoms with Crippen molar-refractivity contribution in [1.82, 2.24) is 0 Å². The van der Waals surface area contributed by atoms with E-state index in [9.17, 15) is 14.4 Å². The van der Waals surface area contributed by atoms with E-state index in [0.717, 1.165) is 50.7 Å². The molecule has 3 fully saturated rings. The minimum absolute atomic E-state index is 0.0152. The number of carboxylic acid groups (broad SMARTS) is 1. The van der Waals surface area contributed by atoms with Crippen molar-refractivity contribution in [3.05, 3.63) is 11.6 Å². The van der Waals surface area contributed by atoms with Crippen molar-refractivity contribution in [2.24, 2.45) is 33.7 Å². The predicted molar refractivity (Wildman–Crippen MR) is 118 cm³/mol. The van der Waals surface area contributed by atoms with E-state index < -0.39 is 18.2 Å². The van der Waals surface area contributed by atoms with Crippen LogP contribution in [0.25, 0.3) is 0 Å². The highest BCUT2D eigenvalue weighted by atomic mass is 16.6. The van der Waals surface area contributed by atoms with Gasteiger partial charge in [-0.1, -0.05) is 24.6 Å². The third kappa shape index (κ3) is 3.39. The Balaban J connectivity index is 1.59. The van der Waals surface area contributed by atoms with E-state index in [-0.39, 0.29) is 22.6 Å². The predicted octanol–water partition coefficient (Wildman–Crippen LogP) is 4.30. The Kier molecular flexibility index (Phi) is 5.74. The fourth-order valence-corrected chi connectivity index (χ4v) is 7.87. The number of Topliss-reactive ketones (excluding diaryl/α,β-unsaturated/α-hetero) is 1. The smallest absolute Gasteiger partial charge is 0.344 e. The van der Waals surface area contributed by atoms with Crippen molar-refractivity contribution < 1.29 is 29.1 Å². The van der Waals surface area contributed by atoms with Crippen LogP contribution in [0, 0.1) is 28.6 Å². The highest BCUT2D eigenvalue weighted by molar-refractivity contribution is 5.96. The van der Waals surface area contributed by atoms with Crippen LogP contribution in [-0.2, 0) is 24.0 Å². The van der Waals surface area contributed by atoms with Gasteiger partial charge in [0.15, 0.2) is 11.4 Å². The molecular weight excluding hydrogens is 410 g/mol. The van der Waals surface area contributed by atoms with E-state index >= 15 is 0 Å². The molecule has 4 rings (SSSR count). The van der Waals surface area contributed by atoms with Crippen LogP contribution < -0.4 is 0 Å². The van der Waals surface area contributed by atoms with Crippen LogP contribution in [0.2, 0.25) is 0 Å². The summed E-state index contributed by atoms with van der Waals surface area (Å²) in [6, 6.07) is 0. The normalized spacial score (nSPS) is 41.7. The molecule has 0 heterocycles. The maximum absolute atomic E-state index is 12.8. The Bertz CT molecular complexity index is 893. The monoisotopic (exact) mass is 445 g/mol. The van der Waals surface area contributed by atoms with E-state index in [1.54, 1.807) is 6.92 Å². The van der Waals surface area contributed by atoms with Crippen LogP contribution in [-0.4, -0.2) is 40.7 Å². The molecule has 0 spiro atoms. The van der Waals surface area contributed by atoms with Gasteiger partial charge in [0.1, 0.15) is 0 Å². The maximum atomic E-state index is 12.8. The average molecular weight is 446 g/mol. The molecule has 0 unspecified atom stereocenters. The number of aliphatic carboxylic acids is 1. The lowest BCUT2D eigenvalue weighted by Crippen LogP contribution is -2.58. The van der Waals surface area contributed by atoms with Crippen LogP contribution in [0.3, 0.4) is 0 Å². The van der Waals surface area contributed by atoms with Gasteiger partial charge in [0.05, 0.1) is 5.71 Å². The van der Waals surface area contributed by atoms with Crippen LogP contribution in [0.15, 0.2) is 16.8 Å². The van der Waals surface area contributed by atoms with Crippen LogP contribution in [0.1, 0.15) is 79.1 Å². The summed E-state index contributed by atoms with van der Waals surface area (Å²) in [5, 5.41) is 12.8. The molecule has 0 radical (unpaired) electrons. The highest BCUT2D eigenvalue weighted by Crippen LogP contribution is 2.68. The lowest BCUT2D eigenvalue weighted by Gasteiger charge is -2.59. The first kappa shape index (κ1) is 23.0. The number of ether oxygens (including phenoxy) is 1. The molecule has 0 saturated heterocycles. The van der Waals surface area contributed by atoms with Gasteiger partial charge in [-0.15, -0.1) is 0 Å². The van der Waals surface area contributed by atoms with E-state index in [1.165, 1.54) is 12.5 Å². The average Bonchev–Trinajstić information content (AvgIpc) is 3.01. The van der Waals surface area contributed by atoms with Crippen molar-refractivity contribution in [2.75, 3.05) is 6.61 Å². The second-order valence-electron chi connectivity index (χ2n) is 10.7. The molecule has 3 saturated carbocycles. The number of carbonyl (C=O) groups excluding carboxylic acids is 2. The third-order valence-electron chi connectivity index (χ3n) is 9.35. The van der Waals surface area contributed by atoms with E-state index in [4.69, 9.17) is 14.7 Å². The van der Waals surface area contributed by atoms with Gasteiger partial charge in [-0.25, -0.2) is 4.79 Å². The summed E-state index contributed by atoms with van der Waals surface area (Å²) in [5.41, 5.74) is 0.999. The second-order valence-corrected chi connectivity index (χ2v) is 10.7. The number of allylic oxidation sites excluding steroid dienone is 2. The number of carboxylic acids is 1. The van der Waals surface area contributed by atoms with E-state index in [2.05, 4.69) is 25.1 Å². The fraction of sp³-hybridized carbons (Fsp3) is 0.760. The summed E-state index contributed by atoms with van der Waals surface area (Å²) >= 11 is 0. The first-order chi connectivity index (χ1) is 15.0. The molecule has 0 aromatic rings. The van der Waals surface area contributed by atoms with E-state index in [0.29, 0.717) is 24.2 Å². The van der Waals surface area contributed by atoms with Crippen molar-refractivity contribution in [3.8, 4) is 0 Å². The largest absolute Gasteiger partial charge is 0.479 e. The molecule has 7 heteroatoms. The zero-order valence-corrected chi connectivity index (χ0v) is 19.6. The van der Waals surface area contributed by atoms with Gasteiger partial charge in [-0.05, 0) is 87.5 Å². The van der Waals surface area contributed by atoms with Gasteiger partial charge >= 0.3 is 11.9 Å². The summed E-state index contributed by atoms with van der Waals surface area (Å²) < 4.78 is 5.84. The third-order valence-corrected chi connectivity index (χ3v) is 9.35. The molecule has 4 aliphatic carbocycles. The summed E-state index contributed by atoms with van der Waals surface area (Å²) in [5.74, 6) is 0.00154. The molecule has 0 aromatic carbocycles. The number of nitrogens with zero attached hydrogens (tertiary/aromatic N) is 1. The standard InChI is InChI=1S/C25H35NO6/c1-15(27)25(32-16(2)28)12-9-21-19-6-5-17-13-18(26-31-14-22(29)30)7-10-23(17,3)20(19)8-11-24(21,25)4/h13,19-21H,5-12,14H2,1-4H3,(H,29,30)/b26-18-/t19-,20+,21+,23+,24+,25+/m1/s1. The van der Waals surface area contributed by atoms with Crippen molar-refractivity contribution in [1.29, 1.82) is 0 Å². The van der Waals surface area contributed by atoms with Gasteiger partial charge in [-0.3, -0.25) is 9.59 Å². The first-order valence-electron chi connectivity index (χ1n) is 11.9. The number of carbonyl (C=O) groups is 3. The Hall–Kier alpha value is -2.18. The van der Waals surface area contributed by atoms with Gasteiger partial charge in [0.25, 0.3) is 0 Å². The summed E-state index contributed by atoms with van der Waals surface area (Å²) in [7, 11) is 0. The molecule has 1 N–H and O–H groups in total. The molecule has 0 amide bonds. The number of hydrogen-bond acceptors (Lipinski definition) is 6. The van der Waals surface area contributed by atoms with E-state index in [1.807, 2.05) is 0 Å². The van der Waals surface area contributed by atoms with Gasteiger partial charge in [0, 0.05) is 12.3 Å². The summed E-state index contributed by atoms with van der Waals surface area (Å²) in [6.45, 7) is 7.12. The SMILES string of the molecule is CC(=O)O[C@]1(C(C)=O)CC[C@H]2[C@@H]3CCC4=C/C(=N\OCC(=O)O)CC[C@]4(C)[C@H]3CC[C@@]21C. The molecule has 176 valence electrons. The summed E-state index contributed by atoms with van der Waals surface area (Å²) in [6.07, 6.45) is 9.37. The number of ketones is 1. The molecule has 4 aliphatic rings. The van der Waals surface area contributed by atoms with Crippen molar-refractivity contribution >= 4 is 23.4 Å². The molecule has 6 atom stereocenters. The minimum atomic E-state index is -1.03. The number of hydrogen-bond donors (Lipinski definition) is 1. The first-order valence-corrected chi connectivity index (χ1v) is 11.9. The fourth-order valence-electron chi connectivity index (χ4n) is 7.87. The van der Waals surface area contributed by atoms with Gasteiger partial charge in [-0.2, -0.15) is 0 Å². The quantitative estimate of drug-likeness (QED) is 0.500. The van der Waals surface area contributed by atoms with Crippen molar-refractivity contribution in [2.45, 2.75) is 84.7 Å². The lowest BCUT2D eigenvalue weighted by atomic mass is 9.46. The van der Waals surface area contributed by atoms with Gasteiger partial charge in [0.2, 0.25) is 6.61 Å². The maximum Gasteiger partial charge on any atom is 0.344 e. The second kappa shape index (κ2) is 7.99. The Morgan fingerprint density at radius 1 is 1.06 bits per heavy atom. The van der Waals surface area contributed by atoms with Gasteiger partial charge < -0.3 is 14.7 Å². The number of rotatable bonds is 5. The molecule has 7 nitrogen and oxygen atoms in total.